The third-order valence-corrected chi connectivity index (χ3v) is 2.08. The van der Waals surface area contributed by atoms with Crippen LogP contribution in [0.3, 0.4) is 0 Å². The SMILES string of the molecule is [C-]#[N+]/C(C#N)=c1/cc/c(=C(\C#N)[N+]#[C-])c([N+]#[C-])c1. The molecular formula is C13H3N5. The van der Waals surface area contributed by atoms with Crippen LogP contribution in [0.1, 0.15) is 0 Å². The minimum absolute atomic E-state index is 0.0800. The summed E-state index contributed by atoms with van der Waals surface area (Å²) in [5.74, 6) is 0. The normalized spacial score (nSPS) is 11.7. The summed E-state index contributed by atoms with van der Waals surface area (Å²) in [5.41, 5.74) is -0.238. The summed E-state index contributed by atoms with van der Waals surface area (Å²) in [6, 6.07) is 7.62. The first-order chi connectivity index (χ1) is 8.71. The van der Waals surface area contributed by atoms with Crippen LogP contribution < -0.4 is 10.4 Å². The molecule has 1 aromatic carbocycles. The van der Waals surface area contributed by atoms with Crippen molar-refractivity contribution in [2.75, 3.05) is 0 Å². The molecule has 5 heteroatoms. The first kappa shape index (κ1) is 12.5. The van der Waals surface area contributed by atoms with E-state index in [0.717, 1.165) is 0 Å². The van der Waals surface area contributed by atoms with Crippen LogP contribution in [0, 0.1) is 42.4 Å². The maximum Gasteiger partial charge on any atom is 0.267 e. The molecule has 0 unspecified atom stereocenters. The molecule has 18 heavy (non-hydrogen) atoms. The number of hydrogen-bond donors (Lipinski definition) is 0. The Morgan fingerprint density at radius 2 is 1.61 bits per heavy atom. The Morgan fingerprint density at radius 3 is 2.06 bits per heavy atom. The van der Waals surface area contributed by atoms with Gasteiger partial charge in [0.25, 0.3) is 11.4 Å². The van der Waals surface area contributed by atoms with E-state index < -0.39 is 0 Å². The minimum Gasteiger partial charge on any atom is -0.239 e. The van der Waals surface area contributed by atoms with E-state index in [9.17, 15) is 0 Å². The number of nitriles is 2. The van der Waals surface area contributed by atoms with Gasteiger partial charge in [0.05, 0.1) is 31.9 Å². The molecule has 0 saturated heterocycles. The zero-order valence-electron chi connectivity index (χ0n) is 8.97. The largest absolute Gasteiger partial charge is 0.267 e. The second kappa shape index (κ2) is 5.48. The van der Waals surface area contributed by atoms with Gasteiger partial charge in [0.1, 0.15) is 0 Å². The van der Waals surface area contributed by atoms with Crippen LogP contribution in [0.5, 0.6) is 0 Å². The van der Waals surface area contributed by atoms with Gasteiger partial charge in [-0.05, 0) is 10.4 Å². The standard InChI is InChI=1S/C13H3N5/c1-16-11-6-9(12(7-14)17-2)4-5-10(11)13(8-15)18-3/h4-6H/b12-9-,13-10-. The summed E-state index contributed by atoms with van der Waals surface area (Å²) in [6.45, 7) is 20.7. The molecule has 0 aliphatic carbocycles. The molecule has 1 rings (SSSR count). The maximum atomic E-state index is 8.76. The van der Waals surface area contributed by atoms with Gasteiger partial charge < -0.3 is 0 Å². The number of benzene rings is 1. The Bertz CT molecular complexity index is 794. The van der Waals surface area contributed by atoms with E-state index in [1.54, 1.807) is 12.1 Å². The van der Waals surface area contributed by atoms with Crippen molar-refractivity contribution in [2.45, 2.75) is 0 Å². The molecule has 0 aliphatic rings. The van der Waals surface area contributed by atoms with Crippen molar-refractivity contribution in [3.05, 3.63) is 62.9 Å². The molecule has 0 saturated carbocycles. The molecule has 0 N–H and O–H groups in total. The Hall–Kier alpha value is -3.59. The van der Waals surface area contributed by atoms with Crippen molar-refractivity contribution in [1.29, 1.82) is 10.5 Å². The molecule has 0 aliphatic heterocycles. The average molecular weight is 229 g/mol. The van der Waals surface area contributed by atoms with Crippen molar-refractivity contribution in [1.82, 2.24) is 0 Å². The predicted molar refractivity (Wildman–Crippen MR) is 63.2 cm³/mol. The molecule has 0 radical (unpaired) electrons. The van der Waals surface area contributed by atoms with Crippen molar-refractivity contribution < 1.29 is 0 Å². The van der Waals surface area contributed by atoms with Gasteiger partial charge in [0.15, 0.2) is 5.69 Å². The highest BCUT2D eigenvalue weighted by molar-refractivity contribution is 5.72. The third-order valence-electron chi connectivity index (χ3n) is 2.08. The molecule has 0 atom stereocenters. The van der Waals surface area contributed by atoms with Crippen LogP contribution >= 0.6 is 0 Å². The zero-order chi connectivity index (χ0) is 13.5. The lowest BCUT2D eigenvalue weighted by molar-refractivity contribution is 1.49. The number of rotatable bonds is 0. The predicted octanol–water partition coefficient (Wildman–Crippen LogP) is 1.34. The summed E-state index contributed by atoms with van der Waals surface area (Å²) in [4.78, 5) is 9.28. The monoisotopic (exact) mass is 229 g/mol. The maximum absolute atomic E-state index is 8.76. The highest BCUT2D eigenvalue weighted by Gasteiger charge is 2.03. The fraction of sp³-hybridized carbons (Fsp3) is 0. The summed E-state index contributed by atoms with van der Waals surface area (Å²) >= 11 is 0. The lowest BCUT2D eigenvalue weighted by Gasteiger charge is -1.94. The van der Waals surface area contributed by atoms with Crippen LogP contribution in [-0.2, 0) is 0 Å². The highest BCUT2D eigenvalue weighted by Crippen LogP contribution is 2.05. The number of nitrogens with zero attached hydrogens (tertiary/aromatic N) is 5. The van der Waals surface area contributed by atoms with Crippen LogP contribution in [0.4, 0.5) is 5.69 Å². The second-order valence-electron chi connectivity index (χ2n) is 2.99. The summed E-state index contributed by atoms with van der Waals surface area (Å²) in [5, 5.41) is 18.0. The molecule has 1 aromatic rings. The third kappa shape index (κ3) is 2.15. The van der Waals surface area contributed by atoms with Gasteiger partial charge in [-0.1, -0.05) is 18.2 Å². The van der Waals surface area contributed by atoms with Gasteiger partial charge in [-0.2, -0.15) is 0 Å². The Kier molecular flexibility index (Phi) is 3.80. The second-order valence-corrected chi connectivity index (χ2v) is 2.99. The molecule has 5 nitrogen and oxygen atoms in total. The van der Waals surface area contributed by atoms with Crippen molar-refractivity contribution in [3.63, 3.8) is 0 Å². The fourth-order valence-corrected chi connectivity index (χ4v) is 1.27. The molecular weight excluding hydrogens is 226 g/mol. The molecule has 0 aromatic heterocycles. The first-order valence-corrected chi connectivity index (χ1v) is 4.53. The van der Waals surface area contributed by atoms with Crippen LogP contribution in [-0.4, -0.2) is 0 Å². The Morgan fingerprint density at radius 1 is 1.00 bits per heavy atom. The molecule has 0 bridgehead atoms. The van der Waals surface area contributed by atoms with Gasteiger partial charge in [-0.15, -0.1) is 0 Å². The molecule has 0 heterocycles. The van der Waals surface area contributed by atoms with E-state index in [-0.39, 0.29) is 22.3 Å². The lowest BCUT2D eigenvalue weighted by Crippen LogP contribution is -2.11. The summed E-state index contributed by atoms with van der Waals surface area (Å²) < 4.78 is 0. The summed E-state index contributed by atoms with van der Waals surface area (Å²) in [7, 11) is 0. The van der Waals surface area contributed by atoms with Crippen LogP contribution in [0.25, 0.3) is 25.9 Å². The smallest absolute Gasteiger partial charge is 0.239 e. The van der Waals surface area contributed by atoms with Crippen molar-refractivity contribution >= 4 is 17.1 Å². The molecule has 80 valence electrons. The van der Waals surface area contributed by atoms with Crippen molar-refractivity contribution in [2.24, 2.45) is 0 Å². The summed E-state index contributed by atoms with van der Waals surface area (Å²) in [6.07, 6.45) is 0. The van der Waals surface area contributed by atoms with E-state index in [4.69, 9.17) is 30.2 Å². The first-order valence-electron chi connectivity index (χ1n) is 4.53. The van der Waals surface area contributed by atoms with Gasteiger partial charge >= 0.3 is 0 Å². The van der Waals surface area contributed by atoms with Crippen molar-refractivity contribution in [3.8, 4) is 12.1 Å². The zero-order valence-corrected chi connectivity index (χ0v) is 8.97. The molecule has 0 spiro atoms. The van der Waals surface area contributed by atoms with E-state index in [1.807, 2.05) is 0 Å². The minimum atomic E-state index is -0.186. The lowest BCUT2D eigenvalue weighted by atomic mass is 10.1. The highest BCUT2D eigenvalue weighted by atomic mass is 14.7. The topological polar surface area (TPSA) is 60.7 Å². The van der Waals surface area contributed by atoms with E-state index in [1.165, 1.54) is 18.2 Å². The van der Waals surface area contributed by atoms with E-state index in [0.29, 0.717) is 5.22 Å². The van der Waals surface area contributed by atoms with Gasteiger partial charge in [0, 0.05) is 0 Å². The average Bonchev–Trinajstić information content (AvgIpc) is 2.42. The fourth-order valence-electron chi connectivity index (χ4n) is 1.27. The van der Waals surface area contributed by atoms with Crippen LogP contribution in [0.15, 0.2) is 18.2 Å². The van der Waals surface area contributed by atoms with Gasteiger partial charge in [0.2, 0.25) is 0 Å². The Labute approximate surface area is 103 Å². The van der Waals surface area contributed by atoms with Gasteiger partial charge in [-0.25, -0.2) is 25.1 Å². The Balaban J connectivity index is 3.91. The van der Waals surface area contributed by atoms with E-state index >= 15 is 0 Å². The van der Waals surface area contributed by atoms with E-state index in [2.05, 4.69) is 14.5 Å². The molecule has 0 fully saturated rings. The van der Waals surface area contributed by atoms with Gasteiger partial charge in [-0.3, -0.25) is 0 Å². The number of hydrogen-bond acceptors (Lipinski definition) is 2. The quantitative estimate of drug-likeness (QED) is 0.630. The molecule has 0 amide bonds. The van der Waals surface area contributed by atoms with Crippen LogP contribution in [0.2, 0.25) is 0 Å².